The number of sulfonamides is 2. The molecule has 2 aliphatic rings. The van der Waals surface area contributed by atoms with Crippen molar-refractivity contribution in [1.82, 2.24) is 10.9 Å². The summed E-state index contributed by atoms with van der Waals surface area (Å²) in [4.78, 5) is 13.4. The summed E-state index contributed by atoms with van der Waals surface area (Å²) in [5.41, 5.74) is 12.6. The first-order valence-corrected chi connectivity index (χ1v) is 21.9. The van der Waals surface area contributed by atoms with Crippen LogP contribution in [-0.2, 0) is 20.0 Å². The fourth-order valence-electron chi connectivity index (χ4n) is 6.97. The lowest BCUT2D eigenvalue weighted by molar-refractivity contribution is 0.103. The molecule has 0 aromatic heterocycles. The zero-order valence-electron chi connectivity index (χ0n) is 32.5. The van der Waals surface area contributed by atoms with Gasteiger partial charge in [0.2, 0.25) is 0 Å². The van der Waals surface area contributed by atoms with Gasteiger partial charge in [-0.15, -0.1) is 0 Å². The molecule has 2 aliphatic heterocycles. The highest BCUT2D eigenvalue weighted by atomic mass is 32.2. The second-order valence-corrected chi connectivity index (χ2v) is 17.6. The van der Waals surface area contributed by atoms with Gasteiger partial charge in [0.25, 0.3) is 20.0 Å². The number of hydrazone groups is 2. The molecule has 0 spiro atoms. The van der Waals surface area contributed by atoms with E-state index < -0.39 is 25.8 Å². The lowest BCUT2D eigenvalue weighted by atomic mass is 9.99. The highest BCUT2D eigenvalue weighted by molar-refractivity contribution is 7.93. The van der Waals surface area contributed by atoms with Gasteiger partial charge in [0, 0.05) is 35.3 Å². The SMILES string of the molecule is COc1ccc(C2CC(c3ccc(NS(=O)(=O)c4cccc(C(=O)c5cccc(S(=O)(=O)Nc6ccc(C7=NNC(c8ccc(OC)cc8)C7)cc6)c5)c4)cc3)=NN2)cc1. The Kier molecular flexibility index (Phi) is 11.1. The zero-order chi connectivity index (χ0) is 41.9. The van der Waals surface area contributed by atoms with Crippen molar-refractivity contribution in [2.24, 2.45) is 10.2 Å². The first-order valence-electron chi connectivity index (χ1n) is 18.9. The van der Waals surface area contributed by atoms with E-state index in [0.29, 0.717) is 24.2 Å². The van der Waals surface area contributed by atoms with Crippen molar-refractivity contribution in [3.05, 3.63) is 179 Å². The molecule has 13 nitrogen and oxygen atoms in total. The molecule has 8 rings (SSSR count). The molecule has 304 valence electrons. The topological polar surface area (TPSA) is 177 Å². The van der Waals surface area contributed by atoms with Gasteiger partial charge in [-0.2, -0.15) is 10.2 Å². The summed E-state index contributed by atoms with van der Waals surface area (Å²) in [5.74, 6) is 0.999. The average molecular weight is 841 g/mol. The normalized spacial score (nSPS) is 16.2. The summed E-state index contributed by atoms with van der Waals surface area (Å²) in [6.07, 6.45) is 1.31. The number of rotatable bonds is 14. The minimum Gasteiger partial charge on any atom is -0.497 e. The van der Waals surface area contributed by atoms with Gasteiger partial charge in [-0.25, -0.2) is 16.8 Å². The second kappa shape index (κ2) is 16.7. The fraction of sp³-hybridized carbons (Fsp3) is 0.133. The number of ether oxygens (including phenoxy) is 2. The highest BCUT2D eigenvalue weighted by Gasteiger charge is 2.24. The average Bonchev–Trinajstić information content (AvgIpc) is 3.99. The molecule has 0 bridgehead atoms. The molecule has 2 atom stereocenters. The highest BCUT2D eigenvalue weighted by Crippen LogP contribution is 2.29. The molecule has 0 aliphatic carbocycles. The van der Waals surface area contributed by atoms with Crippen LogP contribution in [0.1, 0.15) is 63.1 Å². The van der Waals surface area contributed by atoms with Gasteiger partial charge in [0.1, 0.15) is 11.5 Å². The number of hydrogen-bond donors (Lipinski definition) is 4. The molecule has 15 heteroatoms. The Morgan fingerprint density at radius 1 is 0.550 bits per heavy atom. The molecule has 60 heavy (non-hydrogen) atoms. The molecule has 0 amide bonds. The van der Waals surface area contributed by atoms with Crippen LogP contribution in [0.3, 0.4) is 0 Å². The quantitative estimate of drug-likeness (QED) is 0.0814. The van der Waals surface area contributed by atoms with E-state index in [0.717, 1.165) is 45.2 Å². The van der Waals surface area contributed by atoms with Crippen LogP contribution in [0.15, 0.2) is 166 Å². The van der Waals surface area contributed by atoms with Crippen LogP contribution in [-0.4, -0.2) is 48.3 Å². The van der Waals surface area contributed by atoms with Crippen LogP contribution in [0, 0.1) is 0 Å². The van der Waals surface area contributed by atoms with Crippen molar-refractivity contribution in [1.29, 1.82) is 0 Å². The third-order valence-electron chi connectivity index (χ3n) is 10.3. The molecule has 6 aromatic rings. The van der Waals surface area contributed by atoms with Crippen LogP contribution in [0.2, 0.25) is 0 Å². The van der Waals surface area contributed by atoms with E-state index in [1.54, 1.807) is 62.8 Å². The van der Waals surface area contributed by atoms with Gasteiger partial charge in [-0.1, -0.05) is 72.8 Å². The number of carbonyl (C=O) groups is 1. The summed E-state index contributed by atoms with van der Waals surface area (Å²) >= 11 is 0. The summed E-state index contributed by atoms with van der Waals surface area (Å²) in [7, 11) is -4.96. The molecule has 2 heterocycles. The summed E-state index contributed by atoms with van der Waals surface area (Å²) in [5, 5.41) is 8.99. The van der Waals surface area contributed by atoms with Crippen molar-refractivity contribution in [3.63, 3.8) is 0 Å². The molecular weight excluding hydrogens is 801 g/mol. The predicted molar refractivity (Wildman–Crippen MR) is 231 cm³/mol. The van der Waals surface area contributed by atoms with Crippen molar-refractivity contribution < 1.29 is 31.1 Å². The van der Waals surface area contributed by atoms with Gasteiger partial charge >= 0.3 is 0 Å². The van der Waals surface area contributed by atoms with E-state index in [9.17, 15) is 21.6 Å². The molecule has 4 N–H and O–H groups in total. The zero-order valence-corrected chi connectivity index (χ0v) is 34.1. The Hall–Kier alpha value is -6.97. The maximum absolute atomic E-state index is 13.7. The number of nitrogens with one attached hydrogen (secondary N) is 4. The first-order chi connectivity index (χ1) is 29.0. The smallest absolute Gasteiger partial charge is 0.261 e. The van der Waals surface area contributed by atoms with E-state index >= 15 is 0 Å². The third kappa shape index (κ3) is 8.72. The number of carbonyl (C=O) groups excluding carboxylic acids is 1. The van der Waals surface area contributed by atoms with E-state index in [4.69, 9.17) is 9.47 Å². The maximum atomic E-state index is 13.7. The Bertz CT molecular complexity index is 2640. The molecule has 0 radical (unpaired) electrons. The largest absolute Gasteiger partial charge is 0.497 e. The Morgan fingerprint density at radius 3 is 1.30 bits per heavy atom. The minimum atomic E-state index is -4.10. The number of nitrogens with zero attached hydrogens (tertiary/aromatic N) is 2. The van der Waals surface area contributed by atoms with E-state index in [2.05, 4.69) is 30.5 Å². The number of anilines is 2. The number of hydrogen-bond acceptors (Lipinski definition) is 11. The monoisotopic (exact) mass is 840 g/mol. The molecular formula is C45H40N6O7S2. The van der Waals surface area contributed by atoms with Crippen LogP contribution in [0.5, 0.6) is 11.5 Å². The van der Waals surface area contributed by atoms with E-state index in [-0.39, 0.29) is 33.0 Å². The van der Waals surface area contributed by atoms with Crippen LogP contribution in [0.4, 0.5) is 11.4 Å². The van der Waals surface area contributed by atoms with E-state index in [1.807, 2.05) is 48.5 Å². The number of benzene rings is 6. The lowest BCUT2D eigenvalue weighted by Crippen LogP contribution is -2.15. The third-order valence-corrected chi connectivity index (χ3v) is 13.1. The maximum Gasteiger partial charge on any atom is 0.261 e. The van der Waals surface area contributed by atoms with Gasteiger partial charge < -0.3 is 20.3 Å². The summed E-state index contributed by atoms with van der Waals surface area (Å²) in [6, 6.07) is 40.5. The van der Waals surface area contributed by atoms with Gasteiger partial charge in [0.05, 0.1) is 47.5 Å². The van der Waals surface area contributed by atoms with Gasteiger partial charge in [-0.3, -0.25) is 14.2 Å². The summed E-state index contributed by atoms with van der Waals surface area (Å²) < 4.78 is 69.6. The van der Waals surface area contributed by atoms with Crippen LogP contribution < -0.4 is 29.8 Å². The van der Waals surface area contributed by atoms with Gasteiger partial charge in [-0.05, 0) is 95.1 Å². The van der Waals surface area contributed by atoms with Crippen molar-refractivity contribution in [3.8, 4) is 11.5 Å². The lowest BCUT2D eigenvalue weighted by Gasteiger charge is -2.12. The standard InChI is InChI=1S/C45H40N6O7S2/c1-57-37-21-13-31(14-22-37)43-27-41(46-48-43)29-9-17-35(18-10-29)50-59(53,54)39-7-3-5-33(25-39)45(52)34-6-4-8-40(26-34)60(55,56)51-36-19-11-30(12-20-36)42-28-44(49-47-42)32-15-23-38(58-2)24-16-32/h3-26,43-44,48-51H,27-28H2,1-2H3. The fourth-order valence-corrected chi connectivity index (χ4v) is 9.18. The van der Waals surface area contributed by atoms with E-state index in [1.165, 1.54) is 48.5 Å². The Balaban J connectivity index is 0.891. The molecule has 2 unspecified atom stereocenters. The molecule has 0 saturated carbocycles. The van der Waals surface area contributed by atoms with Crippen molar-refractivity contribution in [2.45, 2.75) is 34.7 Å². The molecule has 6 aromatic carbocycles. The summed E-state index contributed by atoms with van der Waals surface area (Å²) in [6.45, 7) is 0. The predicted octanol–water partition coefficient (Wildman–Crippen LogP) is 7.41. The van der Waals surface area contributed by atoms with Crippen LogP contribution in [0.25, 0.3) is 0 Å². The first kappa shape index (κ1) is 39.8. The van der Waals surface area contributed by atoms with Crippen molar-refractivity contribution >= 4 is 48.6 Å². The Morgan fingerprint density at radius 2 is 0.933 bits per heavy atom. The number of methoxy groups -OCH3 is 2. The molecule has 0 fully saturated rings. The number of ketones is 1. The van der Waals surface area contributed by atoms with Crippen LogP contribution >= 0.6 is 0 Å². The molecule has 0 saturated heterocycles. The second-order valence-electron chi connectivity index (χ2n) is 14.2. The van der Waals surface area contributed by atoms with Crippen molar-refractivity contribution in [2.75, 3.05) is 23.7 Å². The van der Waals surface area contributed by atoms with Gasteiger partial charge in [0.15, 0.2) is 5.78 Å². The Labute approximate surface area is 348 Å². The minimum absolute atomic E-state index is 0.00314.